The van der Waals surface area contributed by atoms with Gasteiger partial charge in [0.15, 0.2) is 0 Å². The molecule has 0 spiro atoms. The molecular weight excluding hydrogens is 328 g/mol. The first-order valence-electron chi connectivity index (χ1n) is 9.24. The summed E-state index contributed by atoms with van der Waals surface area (Å²) in [4.78, 5) is 26.3. The van der Waals surface area contributed by atoms with Gasteiger partial charge in [-0.05, 0) is 59.0 Å². The zero-order chi connectivity index (χ0) is 18.7. The molecule has 0 radical (unpaired) electrons. The molecule has 1 amide bonds. The summed E-state index contributed by atoms with van der Waals surface area (Å²) < 4.78 is 5.75. The second-order valence-corrected chi connectivity index (χ2v) is 7.29. The molecule has 0 saturated carbocycles. The van der Waals surface area contributed by atoms with E-state index in [9.17, 15) is 4.79 Å². The monoisotopic (exact) mass is 356 g/mol. The van der Waals surface area contributed by atoms with Crippen LogP contribution >= 0.6 is 0 Å². The molecule has 140 valence electrons. The minimum atomic E-state index is 0.0317. The number of carbonyl (C=O) groups is 1. The number of fused-ring (bicyclic) bond motifs is 1. The Morgan fingerprint density at radius 2 is 1.88 bits per heavy atom. The van der Waals surface area contributed by atoms with E-state index in [4.69, 9.17) is 4.74 Å². The van der Waals surface area contributed by atoms with Gasteiger partial charge in [-0.25, -0.2) is 9.97 Å². The summed E-state index contributed by atoms with van der Waals surface area (Å²) in [6.45, 7) is 6.84. The van der Waals surface area contributed by atoms with Crippen molar-refractivity contribution in [3.05, 3.63) is 35.2 Å². The van der Waals surface area contributed by atoms with Crippen molar-refractivity contribution in [3.63, 3.8) is 0 Å². The number of rotatable bonds is 6. The highest BCUT2D eigenvalue weighted by atomic mass is 16.5. The lowest BCUT2D eigenvalue weighted by Crippen LogP contribution is -2.41. The van der Waals surface area contributed by atoms with E-state index in [1.54, 1.807) is 0 Å². The zero-order valence-corrected chi connectivity index (χ0v) is 16.2. The first kappa shape index (κ1) is 18.7. The molecule has 6 heteroatoms. The number of nitrogens with zero attached hydrogens (tertiary/aromatic N) is 4. The SMILES string of the molecule is Cc1nc2ccc(C(=O)N(CCN(C)C)C[C@@H]3CCCO3)cc2nc1C. The Hall–Kier alpha value is -2.05. The highest BCUT2D eigenvalue weighted by molar-refractivity contribution is 5.97. The standard InChI is InChI=1S/C20H28N4O2/c1-14-15(2)22-19-12-16(7-8-18(19)21-14)20(25)24(10-9-23(3)4)13-17-6-5-11-26-17/h7-8,12,17H,5-6,9-11,13H2,1-4H3/t17-/m0/s1. The first-order valence-corrected chi connectivity index (χ1v) is 9.24. The van der Waals surface area contributed by atoms with Crippen LogP contribution in [0.5, 0.6) is 0 Å². The van der Waals surface area contributed by atoms with Crippen molar-refractivity contribution in [2.24, 2.45) is 0 Å². The van der Waals surface area contributed by atoms with Crippen LogP contribution in [-0.2, 0) is 4.74 Å². The Bertz CT molecular complexity index is 785. The van der Waals surface area contributed by atoms with Gasteiger partial charge in [0.1, 0.15) is 0 Å². The lowest BCUT2D eigenvalue weighted by molar-refractivity contribution is 0.0512. The fraction of sp³-hybridized carbons (Fsp3) is 0.550. The predicted molar refractivity (Wildman–Crippen MR) is 102 cm³/mol. The molecule has 2 aromatic rings. The van der Waals surface area contributed by atoms with E-state index in [2.05, 4.69) is 14.9 Å². The molecule has 1 aliphatic heterocycles. The molecule has 1 fully saturated rings. The van der Waals surface area contributed by atoms with Crippen LogP contribution in [0, 0.1) is 13.8 Å². The van der Waals surface area contributed by atoms with Crippen LogP contribution in [0.3, 0.4) is 0 Å². The summed E-state index contributed by atoms with van der Waals surface area (Å²) in [5, 5.41) is 0. The zero-order valence-electron chi connectivity index (χ0n) is 16.2. The number of hydrogen-bond donors (Lipinski definition) is 0. The average molecular weight is 356 g/mol. The normalized spacial score (nSPS) is 17.2. The third-order valence-electron chi connectivity index (χ3n) is 4.87. The fourth-order valence-corrected chi connectivity index (χ4v) is 3.18. The van der Waals surface area contributed by atoms with Crippen LogP contribution in [-0.4, -0.2) is 72.1 Å². The quantitative estimate of drug-likeness (QED) is 0.796. The predicted octanol–water partition coefficient (Wildman–Crippen LogP) is 2.43. The maximum absolute atomic E-state index is 13.1. The van der Waals surface area contributed by atoms with Gasteiger partial charge in [0.05, 0.1) is 28.5 Å². The molecule has 2 heterocycles. The van der Waals surface area contributed by atoms with Gasteiger partial charge in [-0.15, -0.1) is 0 Å². The Morgan fingerprint density at radius 3 is 2.54 bits per heavy atom. The van der Waals surface area contributed by atoms with Crippen molar-refractivity contribution in [1.29, 1.82) is 0 Å². The van der Waals surface area contributed by atoms with E-state index in [-0.39, 0.29) is 12.0 Å². The van der Waals surface area contributed by atoms with Crippen LogP contribution < -0.4 is 0 Å². The number of ether oxygens (including phenoxy) is 1. The fourth-order valence-electron chi connectivity index (χ4n) is 3.18. The van der Waals surface area contributed by atoms with E-state index in [0.29, 0.717) is 18.7 Å². The molecule has 1 aliphatic rings. The lowest BCUT2D eigenvalue weighted by atomic mass is 10.1. The number of likely N-dealkylation sites (N-methyl/N-ethyl adjacent to an activating group) is 1. The van der Waals surface area contributed by atoms with Crippen molar-refractivity contribution >= 4 is 16.9 Å². The minimum absolute atomic E-state index is 0.0317. The number of aromatic nitrogens is 2. The third kappa shape index (κ3) is 4.37. The van der Waals surface area contributed by atoms with Gasteiger partial charge in [-0.3, -0.25) is 4.79 Å². The molecule has 1 aromatic carbocycles. The molecule has 26 heavy (non-hydrogen) atoms. The molecule has 0 N–H and O–H groups in total. The van der Waals surface area contributed by atoms with Gasteiger partial charge in [-0.2, -0.15) is 0 Å². The highest BCUT2D eigenvalue weighted by Gasteiger charge is 2.23. The van der Waals surface area contributed by atoms with Gasteiger partial charge < -0.3 is 14.5 Å². The minimum Gasteiger partial charge on any atom is -0.376 e. The van der Waals surface area contributed by atoms with Crippen LogP contribution in [0.2, 0.25) is 0 Å². The molecule has 1 saturated heterocycles. The van der Waals surface area contributed by atoms with Crippen molar-refractivity contribution in [2.75, 3.05) is 40.3 Å². The van der Waals surface area contributed by atoms with Crippen LogP contribution in [0.25, 0.3) is 11.0 Å². The van der Waals surface area contributed by atoms with Crippen LogP contribution in [0.1, 0.15) is 34.6 Å². The van der Waals surface area contributed by atoms with Crippen molar-refractivity contribution in [3.8, 4) is 0 Å². The maximum atomic E-state index is 13.1. The van der Waals surface area contributed by atoms with Gasteiger partial charge in [-0.1, -0.05) is 0 Å². The number of benzene rings is 1. The molecule has 1 aromatic heterocycles. The van der Waals surface area contributed by atoms with E-state index in [0.717, 1.165) is 48.4 Å². The summed E-state index contributed by atoms with van der Waals surface area (Å²) >= 11 is 0. The van der Waals surface area contributed by atoms with E-state index >= 15 is 0 Å². The number of amides is 1. The largest absolute Gasteiger partial charge is 0.376 e. The van der Waals surface area contributed by atoms with Gasteiger partial charge in [0.25, 0.3) is 5.91 Å². The molecular formula is C20H28N4O2. The summed E-state index contributed by atoms with van der Waals surface area (Å²) in [5.41, 5.74) is 4.06. The summed E-state index contributed by atoms with van der Waals surface area (Å²) in [6, 6.07) is 5.60. The summed E-state index contributed by atoms with van der Waals surface area (Å²) in [6.07, 6.45) is 2.24. The second-order valence-electron chi connectivity index (χ2n) is 7.29. The molecule has 3 rings (SSSR count). The van der Waals surface area contributed by atoms with Gasteiger partial charge >= 0.3 is 0 Å². The molecule has 0 aliphatic carbocycles. The van der Waals surface area contributed by atoms with Gasteiger partial charge in [0, 0.05) is 31.8 Å². The average Bonchev–Trinajstić information content (AvgIpc) is 3.11. The number of hydrogen-bond acceptors (Lipinski definition) is 5. The molecule has 0 bridgehead atoms. The maximum Gasteiger partial charge on any atom is 0.254 e. The molecule has 0 unspecified atom stereocenters. The van der Waals surface area contributed by atoms with Crippen molar-refractivity contribution in [1.82, 2.24) is 19.8 Å². The summed E-state index contributed by atoms with van der Waals surface area (Å²) in [5.74, 6) is 0.0317. The number of carbonyl (C=O) groups excluding carboxylic acids is 1. The van der Waals surface area contributed by atoms with Crippen molar-refractivity contribution in [2.45, 2.75) is 32.8 Å². The Morgan fingerprint density at radius 1 is 1.15 bits per heavy atom. The van der Waals surface area contributed by atoms with Gasteiger partial charge in [0.2, 0.25) is 0 Å². The van der Waals surface area contributed by atoms with Crippen molar-refractivity contribution < 1.29 is 9.53 Å². The Labute approximate surface area is 155 Å². The highest BCUT2D eigenvalue weighted by Crippen LogP contribution is 2.18. The third-order valence-corrected chi connectivity index (χ3v) is 4.87. The van der Waals surface area contributed by atoms with E-state index in [1.165, 1.54) is 0 Å². The summed E-state index contributed by atoms with van der Waals surface area (Å²) in [7, 11) is 4.04. The molecule has 6 nitrogen and oxygen atoms in total. The van der Waals surface area contributed by atoms with E-state index < -0.39 is 0 Å². The van der Waals surface area contributed by atoms with Crippen LogP contribution in [0.15, 0.2) is 18.2 Å². The Kier molecular flexibility index (Phi) is 5.84. The van der Waals surface area contributed by atoms with E-state index in [1.807, 2.05) is 51.0 Å². The van der Waals surface area contributed by atoms with Crippen LogP contribution in [0.4, 0.5) is 0 Å². The lowest BCUT2D eigenvalue weighted by Gasteiger charge is -2.27. The topological polar surface area (TPSA) is 58.6 Å². The first-order chi connectivity index (χ1) is 12.4. The second kappa shape index (κ2) is 8.10. The Balaban J connectivity index is 1.84. The smallest absolute Gasteiger partial charge is 0.254 e. The number of aryl methyl sites for hydroxylation is 2. The molecule has 1 atom stereocenters.